The van der Waals surface area contributed by atoms with Gasteiger partial charge in [0.1, 0.15) is 6.10 Å². The predicted molar refractivity (Wildman–Crippen MR) is 100 cm³/mol. The number of hydrogen-bond acceptors (Lipinski definition) is 4. The van der Waals surface area contributed by atoms with E-state index in [0.29, 0.717) is 23.7 Å². The zero-order valence-electron chi connectivity index (χ0n) is 13.8. The van der Waals surface area contributed by atoms with Crippen molar-refractivity contribution in [2.75, 3.05) is 17.2 Å². The van der Waals surface area contributed by atoms with Crippen molar-refractivity contribution < 1.29 is 9.53 Å². The number of ether oxygens (including phenoxy) is 1. The summed E-state index contributed by atoms with van der Waals surface area (Å²) in [4.78, 5) is 13.7. The van der Waals surface area contributed by atoms with Crippen molar-refractivity contribution >= 4 is 40.2 Å². The molecule has 2 heterocycles. The van der Waals surface area contributed by atoms with Gasteiger partial charge in [0.2, 0.25) is 5.91 Å². The maximum atomic E-state index is 12.5. The Morgan fingerprint density at radius 2 is 2.25 bits per heavy atom. The first kappa shape index (κ1) is 17.3. The Balaban J connectivity index is 1.71. The zero-order valence-corrected chi connectivity index (χ0v) is 15.3. The number of amides is 1. The molecule has 3 rings (SSSR count). The van der Waals surface area contributed by atoms with E-state index in [1.54, 1.807) is 11.3 Å². The first-order valence-electron chi connectivity index (χ1n) is 8.07. The molecule has 1 aromatic carbocycles. The number of rotatable bonds is 5. The molecule has 0 fully saturated rings. The third kappa shape index (κ3) is 3.91. The highest BCUT2D eigenvalue weighted by Gasteiger charge is 2.25. The molecule has 0 saturated carbocycles. The lowest BCUT2D eigenvalue weighted by atomic mass is 10.1. The number of nitrogens with one attached hydrogen (secondary N) is 2. The minimum Gasteiger partial charge on any atom is -0.380 e. The molecule has 1 unspecified atom stereocenters. The standard InChI is InChI=1S/C18H21ClN2O2S/c1-11(2)20-17-13(19)4-3-5-14(17)21-16(22)10-15-18-12(6-8-23-15)7-9-24-18/h3-5,7,9,11,15,20H,6,8,10H2,1-2H3,(H,21,22). The number of carbonyl (C=O) groups excluding carboxylic acids is 1. The van der Waals surface area contributed by atoms with Crippen molar-refractivity contribution in [2.45, 2.75) is 38.8 Å². The third-order valence-electron chi connectivity index (χ3n) is 3.86. The van der Waals surface area contributed by atoms with Crippen LogP contribution in [0, 0.1) is 0 Å². The van der Waals surface area contributed by atoms with Gasteiger partial charge in [-0.05, 0) is 49.4 Å². The maximum absolute atomic E-state index is 12.5. The molecule has 0 bridgehead atoms. The van der Waals surface area contributed by atoms with E-state index in [4.69, 9.17) is 16.3 Å². The van der Waals surface area contributed by atoms with Crippen LogP contribution in [-0.2, 0) is 16.0 Å². The van der Waals surface area contributed by atoms with Crippen molar-refractivity contribution in [2.24, 2.45) is 0 Å². The summed E-state index contributed by atoms with van der Waals surface area (Å²) in [5.41, 5.74) is 2.75. The van der Waals surface area contributed by atoms with Crippen LogP contribution in [0.15, 0.2) is 29.6 Å². The quantitative estimate of drug-likeness (QED) is 0.796. The SMILES string of the molecule is CC(C)Nc1c(Cl)cccc1NC(=O)CC1OCCc2ccsc21. The van der Waals surface area contributed by atoms with Crippen LogP contribution in [0.25, 0.3) is 0 Å². The summed E-state index contributed by atoms with van der Waals surface area (Å²) in [5, 5.41) is 8.91. The second-order valence-corrected chi connectivity index (χ2v) is 7.49. The van der Waals surface area contributed by atoms with E-state index >= 15 is 0 Å². The molecule has 2 aromatic rings. The topological polar surface area (TPSA) is 50.4 Å². The van der Waals surface area contributed by atoms with Crippen LogP contribution < -0.4 is 10.6 Å². The normalized spacial score (nSPS) is 16.8. The third-order valence-corrected chi connectivity index (χ3v) is 5.22. The Kier molecular flexibility index (Phi) is 5.43. The van der Waals surface area contributed by atoms with Crippen LogP contribution in [0.3, 0.4) is 0 Å². The molecule has 0 aliphatic carbocycles. The number of para-hydroxylation sites is 1. The van der Waals surface area contributed by atoms with E-state index in [1.807, 2.05) is 32.0 Å². The van der Waals surface area contributed by atoms with Crippen molar-refractivity contribution in [3.05, 3.63) is 45.1 Å². The Morgan fingerprint density at radius 1 is 1.42 bits per heavy atom. The summed E-state index contributed by atoms with van der Waals surface area (Å²) in [6, 6.07) is 7.83. The number of thiophene rings is 1. The average molecular weight is 365 g/mol. The lowest BCUT2D eigenvalue weighted by molar-refractivity contribution is -0.119. The van der Waals surface area contributed by atoms with Gasteiger partial charge in [-0.15, -0.1) is 11.3 Å². The van der Waals surface area contributed by atoms with Crippen LogP contribution in [0.5, 0.6) is 0 Å². The molecule has 2 N–H and O–H groups in total. The van der Waals surface area contributed by atoms with Gasteiger partial charge in [0, 0.05) is 10.9 Å². The molecular weight excluding hydrogens is 344 g/mol. The highest BCUT2D eigenvalue weighted by atomic mass is 35.5. The Morgan fingerprint density at radius 3 is 3.04 bits per heavy atom. The minimum absolute atomic E-state index is 0.0738. The zero-order chi connectivity index (χ0) is 17.1. The van der Waals surface area contributed by atoms with E-state index in [1.165, 1.54) is 10.4 Å². The summed E-state index contributed by atoms with van der Waals surface area (Å²) in [6.45, 7) is 4.73. The molecule has 0 saturated heterocycles. The molecule has 128 valence electrons. The molecule has 24 heavy (non-hydrogen) atoms. The second-order valence-electron chi connectivity index (χ2n) is 6.13. The van der Waals surface area contributed by atoms with Gasteiger partial charge in [-0.25, -0.2) is 0 Å². The molecule has 6 heteroatoms. The second kappa shape index (κ2) is 7.55. The van der Waals surface area contributed by atoms with Crippen molar-refractivity contribution in [1.29, 1.82) is 0 Å². The summed E-state index contributed by atoms with van der Waals surface area (Å²) in [7, 11) is 0. The van der Waals surface area contributed by atoms with Gasteiger partial charge in [-0.2, -0.15) is 0 Å². The molecule has 1 amide bonds. The maximum Gasteiger partial charge on any atom is 0.227 e. The fourth-order valence-electron chi connectivity index (χ4n) is 2.81. The number of hydrogen-bond donors (Lipinski definition) is 2. The molecule has 0 radical (unpaired) electrons. The van der Waals surface area contributed by atoms with E-state index in [9.17, 15) is 4.79 Å². The smallest absolute Gasteiger partial charge is 0.227 e. The van der Waals surface area contributed by atoms with Gasteiger partial charge in [-0.3, -0.25) is 4.79 Å². The van der Waals surface area contributed by atoms with E-state index in [2.05, 4.69) is 22.1 Å². The first-order chi connectivity index (χ1) is 11.5. The van der Waals surface area contributed by atoms with Crippen LogP contribution in [0.4, 0.5) is 11.4 Å². The van der Waals surface area contributed by atoms with Crippen molar-refractivity contribution in [1.82, 2.24) is 0 Å². The van der Waals surface area contributed by atoms with Crippen molar-refractivity contribution in [3.63, 3.8) is 0 Å². The monoisotopic (exact) mass is 364 g/mol. The summed E-state index contributed by atoms with van der Waals surface area (Å²) in [5.74, 6) is -0.0738. The lowest BCUT2D eigenvalue weighted by Crippen LogP contribution is -2.22. The van der Waals surface area contributed by atoms with Crippen LogP contribution in [-0.4, -0.2) is 18.6 Å². The van der Waals surface area contributed by atoms with E-state index in [-0.39, 0.29) is 18.1 Å². The van der Waals surface area contributed by atoms with Gasteiger partial charge < -0.3 is 15.4 Å². The van der Waals surface area contributed by atoms with Gasteiger partial charge >= 0.3 is 0 Å². The highest BCUT2D eigenvalue weighted by Crippen LogP contribution is 2.35. The highest BCUT2D eigenvalue weighted by molar-refractivity contribution is 7.10. The molecule has 4 nitrogen and oxygen atoms in total. The van der Waals surface area contributed by atoms with Crippen LogP contribution >= 0.6 is 22.9 Å². The van der Waals surface area contributed by atoms with E-state index < -0.39 is 0 Å². The van der Waals surface area contributed by atoms with Crippen molar-refractivity contribution in [3.8, 4) is 0 Å². The molecule has 1 aliphatic rings. The van der Waals surface area contributed by atoms with Gasteiger partial charge in [-0.1, -0.05) is 17.7 Å². The summed E-state index contributed by atoms with van der Waals surface area (Å²) < 4.78 is 5.80. The molecule has 0 spiro atoms. The molecular formula is C18H21ClN2O2S. The first-order valence-corrected chi connectivity index (χ1v) is 9.33. The molecule has 1 atom stereocenters. The lowest BCUT2D eigenvalue weighted by Gasteiger charge is -2.23. The van der Waals surface area contributed by atoms with Gasteiger partial charge in [0.15, 0.2) is 0 Å². The molecule has 1 aliphatic heterocycles. The number of carbonyl (C=O) groups is 1. The average Bonchev–Trinajstić information content (AvgIpc) is 3.00. The number of fused-ring (bicyclic) bond motifs is 1. The van der Waals surface area contributed by atoms with Crippen LogP contribution in [0.1, 0.15) is 36.8 Å². The predicted octanol–water partition coefficient (Wildman–Crippen LogP) is 4.86. The number of halogens is 1. The van der Waals surface area contributed by atoms with Gasteiger partial charge in [0.05, 0.1) is 29.4 Å². The van der Waals surface area contributed by atoms with Crippen LogP contribution in [0.2, 0.25) is 5.02 Å². The summed E-state index contributed by atoms with van der Waals surface area (Å²) in [6.07, 6.45) is 1.07. The fourth-order valence-corrected chi connectivity index (χ4v) is 4.04. The minimum atomic E-state index is -0.158. The van der Waals surface area contributed by atoms with Gasteiger partial charge in [0.25, 0.3) is 0 Å². The number of anilines is 2. The largest absolute Gasteiger partial charge is 0.380 e. The molecule has 1 aromatic heterocycles. The fraction of sp³-hybridized carbons (Fsp3) is 0.389. The Labute approximate surface area is 151 Å². The van der Waals surface area contributed by atoms with E-state index in [0.717, 1.165) is 12.1 Å². The Bertz CT molecular complexity index is 730. The Hall–Kier alpha value is -1.56. The summed E-state index contributed by atoms with van der Waals surface area (Å²) >= 11 is 7.92. The number of benzene rings is 1.